The van der Waals surface area contributed by atoms with Gasteiger partial charge in [-0.3, -0.25) is 0 Å². The van der Waals surface area contributed by atoms with Gasteiger partial charge < -0.3 is 9.88 Å². The molecule has 0 aliphatic rings. The van der Waals surface area contributed by atoms with Gasteiger partial charge in [0.05, 0.1) is 27.6 Å². The lowest BCUT2D eigenvalue weighted by Crippen LogP contribution is -2.19. The van der Waals surface area contributed by atoms with Crippen LogP contribution in [0.4, 0.5) is 11.5 Å². The van der Waals surface area contributed by atoms with E-state index in [1.54, 1.807) is 23.2 Å². The van der Waals surface area contributed by atoms with Gasteiger partial charge in [-0.1, -0.05) is 30.3 Å². The van der Waals surface area contributed by atoms with E-state index in [2.05, 4.69) is 36.1 Å². The first-order valence-electron chi connectivity index (χ1n) is 10.8. The normalized spacial score (nSPS) is 12.1. The Balaban J connectivity index is 1.29. The molecule has 2 N–H and O–H groups in total. The number of fused-ring (bicyclic) bond motifs is 1. The second-order valence-electron chi connectivity index (χ2n) is 7.59. The number of rotatable bonds is 9. The van der Waals surface area contributed by atoms with Gasteiger partial charge in [-0.25, -0.2) is 18.9 Å². The highest BCUT2D eigenvalue weighted by Gasteiger charge is 2.12. The van der Waals surface area contributed by atoms with E-state index in [0.29, 0.717) is 6.54 Å². The molecular weight excluding hydrogens is 514 g/mol. The molecular formula is C24H22BrN7OS. The second kappa shape index (κ2) is 10.3. The van der Waals surface area contributed by atoms with Gasteiger partial charge in [0.1, 0.15) is 16.8 Å². The van der Waals surface area contributed by atoms with Crippen molar-refractivity contribution in [3.8, 4) is 11.3 Å². The topological polar surface area (TPSA) is 89.1 Å². The van der Waals surface area contributed by atoms with Crippen LogP contribution in [0.5, 0.6) is 0 Å². The molecule has 0 amide bonds. The zero-order valence-corrected chi connectivity index (χ0v) is 20.5. The van der Waals surface area contributed by atoms with Crippen molar-refractivity contribution in [2.45, 2.75) is 17.9 Å². The number of nitrogens with one attached hydrogen (secondary N) is 2. The molecule has 0 saturated heterocycles. The Kier molecular flexibility index (Phi) is 6.79. The van der Waals surface area contributed by atoms with Crippen LogP contribution in [-0.4, -0.2) is 34.9 Å². The monoisotopic (exact) mass is 535 g/mol. The maximum Gasteiger partial charge on any atom is 0.172 e. The van der Waals surface area contributed by atoms with Gasteiger partial charge >= 0.3 is 0 Å². The Labute approximate surface area is 207 Å². The molecule has 0 spiro atoms. The van der Waals surface area contributed by atoms with E-state index in [0.717, 1.165) is 50.7 Å². The summed E-state index contributed by atoms with van der Waals surface area (Å²) in [6.45, 7) is 1.48. The van der Waals surface area contributed by atoms with Crippen LogP contribution >= 0.6 is 15.9 Å². The first kappa shape index (κ1) is 22.5. The van der Waals surface area contributed by atoms with Crippen LogP contribution in [0.25, 0.3) is 16.9 Å². The van der Waals surface area contributed by atoms with E-state index >= 15 is 0 Å². The van der Waals surface area contributed by atoms with Gasteiger partial charge in [0, 0.05) is 42.8 Å². The molecule has 3 heterocycles. The van der Waals surface area contributed by atoms with Gasteiger partial charge in [0.25, 0.3) is 0 Å². The van der Waals surface area contributed by atoms with Crippen LogP contribution < -0.4 is 10.0 Å². The largest absolute Gasteiger partial charge is 0.340 e. The number of aryl methyl sites for hydroxylation is 1. The van der Waals surface area contributed by atoms with Gasteiger partial charge in [0.2, 0.25) is 0 Å². The average molecular weight is 536 g/mol. The molecule has 10 heteroatoms. The molecule has 2 aromatic carbocycles. The smallest absolute Gasteiger partial charge is 0.172 e. The summed E-state index contributed by atoms with van der Waals surface area (Å²) < 4.78 is 20.2. The van der Waals surface area contributed by atoms with Crippen LogP contribution in [0.1, 0.15) is 6.42 Å². The fourth-order valence-corrected chi connectivity index (χ4v) is 4.75. The Hall–Kier alpha value is -3.34. The zero-order chi connectivity index (χ0) is 23.3. The first-order valence-corrected chi connectivity index (χ1v) is 12.7. The lowest BCUT2D eigenvalue weighted by molar-refractivity contribution is 0.624. The Morgan fingerprint density at radius 3 is 2.65 bits per heavy atom. The van der Waals surface area contributed by atoms with Crippen LogP contribution in [0.2, 0.25) is 0 Å². The number of benzene rings is 2. The van der Waals surface area contributed by atoms with Crippen molar-refractivity contribution in [1.29, 1.82) is 0 Å². The van der Waals surface area contributed by atoms with Crippen molar-refractivity contribution in [3.05, 3.63) is 90.1 Å². The number of anilines is 2. The van der Waals surface area contributed by atoms with Gasteiger partial charge in [-0.15, -0.1) is 0 Å². The highest BCUT2D eigenvalue weighted by molar-refractivity contribution is 9.10. The molecule has 0 aliphatic carbocycles. The summed E-state index contributed by atoms with van der Waals surface area (Å²) in [5.74, 6) is 0.779. The third kappa shape index (κ3) is 5.09. The first-order chi connectivity index (χ1) is 16.7. The summed E-state index contributed by atoms with van der Waals surface area (Å²) in [5, 5.41) is 7.85. The minimum absolute atomic E-state index is 0.649. The van der Waals surface area contributed by atoms with Crippen molar-refractivity contribution in [2.24, 2.45) is 0 Å². The molecule has 0 radical (unpaired) electrons. The molecule has 34 heavy (non-hydrogen) atoms. The Bertz CT molecular complexity index is 1400. The summed E-state index contributed by atoms with van der Waals surface area (Å²) >= 11 is 3.54. The number of halogens is 1. The molecule has 172 valence electrons. The number of nitrogens with zero attached hydrogens (tertiary/aromatic N) is 5. The third-order valence-corrected chi connectivity index (χ3v) is 6.95. The molecule has 0 saturated carbocycles. The number of imidazole rings is 1. The fourth-order valence-electron chi connectivity index (χ4n) is 3.52. The molecule has 0 fully saturated rings. The number of hydrogen-bond acceptors (Lipinski definition) is 5. The molecule has 1 atom stereocenters. The van der Waals surface area contributed by atoms with Crippen molar-refractivity contribution >= 4 is 44.1 Å². The Morgan fingerprint density at radius 1 is 1.06 bits per heavy atom. The maximum atomic E-state index is 12.6. The van der Waals surface area contributed by atoms with Crippen molar-refractivity contribution in [3.63, 3.8) is 0 Å². The highest BCUT2D eigenvalue weighted by Crippen LogP contribution is 2.27. The molecule has 5 rings (SSSR count). The highest BCUT2D eigenvalue weighted by atomic mass is 79.9. The Morgan fingerprint density at radius 2 is 1.88 bits per heavy atom. The number of aromatic nitrogens is 5. The third-order valence-electron chi connectivity index (χ3n) is 5.22. The lowest BCUT2D eigenvalue weighted by atomic mass is 10.1. The predicted molar refractivity (Wildman–Crippen MR) is 137 cm³/mol. The molecule has 0 aliphatic heterocycles. The van der Waals surface area contributed by atoms with Crippen molar-refractivity contribution < 1.29 is 4.21 Å². The summed E-state index contributed by atoms with van der Waals surface area (Å²) in [6, 6.07) is 19.5. The molecule has 3 aromatic heterocycles. The van der Waals surface area contributed by atoms with Gasteiger partial charge in [-0.05, 0) is 46.6 Å². The summed E-state index contributed by atoms with van der Waals surface area (Å²) in [5.41, 5.74) is 3.45. The van der Waals surface area contributed by atoms with Crippen molar-refractivity contribution in [1.82, 2.24) is 28.9 Å². The second-order valence-corrected chi connectivity index (χ2v) is 9.74. The van der Waals surface area contributed by atoms with E-state index in [1.807, 2.05) is 71.4 Å². The minimum atomic E-state index is -1.27. The quantitative estimate of drug-likeness (QED) is 0.264. The fraction of sp³-hybridized carbons (Fsp3) is 0.125. The summed E-state index contributed by atoms with van der Waals surface area (Å²) in [6.07, 6.45) is 8.05. The standard InChI is InChI=1S/C24H22BrN7OS/c25-21-16-27-32-23(15-22(30-24(21)32)18-5-2-1-3-6-18)29-19-7-9-20(10-8-19)34(33)28-11-4-13-31-14-12-26-17-31/h1-3,5-10,12,14-17,28-29H,4,11,13H2. The van der Waals surface area contributed by atoms with Crippen molar-refractivity contribution in [2.75, 3.05) is 11.9 Å². The molecule has 5 aromatic rings. The summed E-state index contributed by atoms with van der Waals surface area (Å²) in [4.78, 5) is 9.50. The SMILES string of the molecule is O=S(NCCCn1ccnc1)c1ccc(Nc2cc(-c3ccccc3)nc3c(Br)cnn23)cc1. The van der Waals surface area contributed by atoms with Crippen LogP contribution in [-0.2, 0) is 17.5 Å². The predicted octanol–water partition coefficient (Wildman–Crippen LogP) is 4.80. The average Bonchev–Trinajstić information content (AvgIpc) is 3.53. The van der Waals surface area contributed by atoms with Crippen LogP contribution in [0, 0.1) is 0 Å². The van der Waals surface area contributed by atoms with E-state index in [9.17, 15) is 4.21 Å². The minimum Gasteiger partial charge on any atom is -0.340 e. The summed E-state index contributed by atoms with van der Waals surface area (Å²) in [7, 11) is -1.27. The maximum absolute atomic E-state index is 12.6. The van der Waals surface area contributed by atoms with E-state index in [1.165, 1.54) is 0 Å². The number of hydrogen-bond donors (Lipinski definition) is 2. The van der Waals surface area contributed by atoms with E-state index in [-0.39, 0.29) is 0 Å². The zero-order valence-electron chi connectivity index (χ0n) is 18.1. The molecule has 1 unspecified atom stereocenters. The molecule has 0 bridgehead atoms. The van der Waals surface area contributed by atoms with Gasteiger partial charge in [-0.2, -0.15) is 9.61 Å². The molecule has 8 nitrogen and oxygen atoms in total. The van der Waals surface area contributed by atoms with Gasteiger partial charge in [0.15, 0.2) is 5.65 Å². The lowest BCUT2D eigenvalue weighted by Gasteiger charge is -2.12. The van der Waals surface area contributed by atoms with E-state index < -0.39 is 11.0 Å². The van der Waals surface area contributed by atoms with E-state index in [4.69, 9.17) is 4.98 Å². The van der Waals surface area contributed by atoms with Crippen LogP contribution in [0.3, 0.4) is 0 Å². The van der Waals surface area contributed by atoms with Crippen LogP contribution in [0.15, 0.2) is 94.9 Å².